The van der Waals surface area contributed by atoms with Gasteiger partial charge in [0.05, 0.1) is 29.3 Å². The second-order valence-electron chi connectivity index (χ2n) is 7.87. The Hall–Kier alpha value is -2.90. The average molecular weight is 476 g/mol. The number of aliphatic hydroxyl groups is 1. The highest BCUT2D eigenvalue weighted by molar-refractivity contribution is 6.46. The van der Waals surface area contributed by atoms with Gasteiger partial charge in [-0.2, -0.15) is 0 Å². The molecule has 176 valence electrons. The Morgan fingerprint density at radius 3 is 2.58 bits per heavy atom. The van der Waals surface area contributed by atoms with Crippen molar-refractivity contribution in [1.29, 1.82) is 0 Å². The van der Waals surface area contributed by atoms with Gasteiger partial charge in [-0.05, 0) is 51.5 Å². The number of ether oxygens (including phenoxy) is 2. The van der Waals surface area contributed by atoms with Crippen molar-refractivity contribution in [2.24, 2.45) is 0 Å². The van der Waals surface area contributed by atoms with Crippen molar-refractivity contribution >= 4 is 29.1 Å². The van der Waals surface area contributed by atoms with E-state index in [0.717, 1.165) is 0 Å². The normalized spacial score (nSPS) is 17.8. The summed E-state index contributed by atoms with van der Waals surface area (Å²) < 4.78 is 25.7. The third-order valence-corrected chi connectivity index (χ3v) is 5.53. The molecular weight excluding hydrogens is 449 g/mol. The molecule has 1 aliphatic heterocycles. The van der Waals surface area contributed by atoms with E-state index in [1.165, 1.54) is 35.2 Å². The molecule has 1 atom stereocenters. The number of nitrogens with zero attached hydrogens (tertiary/aromatic N) is 1. The van der Waals surface area contributed by atoms with E-state index in [9.17, 15) is 19.1 Å². The Morgan fingerprint density at radius 1 is 1.21 bits per heavy atom. The van der Waals surface area contributed by atoms with Gasteiger partial charge in [-0.1, -0.05) is 29.8 Å². The summed E-state index contributed by atoms with van der Waals surface area (Å²) in [5.74, 6) is -2.26. The molecule has 1 aliphatic rings. The number of hydrogen-bond acceptors (Lipinski definition) is 5. The molecule has 1 fully saturated rings. The van der Waals surface area contributed by atoms with Crippen molar-refractivity contribution in [3.05, 3.63) is 70.0 Å². The largest absolute Gasteiger partial charge is 0.507 e. The van der Waals surface area contributed by atoms with Crippen LogP contribution in [-0.2, 0) is 14.3 Å². The molecule has 33 heavy (non-hydrogen) atoms. The molecular formula is C25H27ClFNO5. The van der Waals surface area contributed by atoms with Crippen LogP contribution in [0.5, 0.6) is 5.75 Å². The molecule has 1 N–H and O–H groups in total. The number of carbonyl (C=O) groups excluding carboxylic acids is 2. The van der Waals surface area contributed by atoms with Crippen molar-refractivity contribution in [2.75, 3.05) is 19.8 Å². The van der Waals surface area contributed by atoms with Gasteiger partial charge in [-0.25, -0.2) is 4.39 Å². The van der Waals surface area contributed by atoms with Crippen LogP contribution in [0.15, 0.2) is 48.0 Å². The minimum Gasteiger partial charge on any atom is -0.507 e. The van der Waals surface area contributed by atoms with Crippen LogP contribution in [-0.4, -0.2) is 47.6 Å². The SMILES string of the molecule is CCOc1ccc(C(O)=C2C(=O)C(=O)N(CCCOC(C)C)C2c2ccccc2F)cc1Cl. The zero-order chi connectivity index (χ0) is 24.1. The van der Waals surface area contributed by atoms with Gasteiger partial charge in [0.15, 0.2) is 0 Å². The van der Waals surface area contributed by atoms with Gasteiger partial charge in [-0.3, -0.25) is 9.59 Å². The Balaban J connectivity index is 2.06. The molecule has 1 unspecified atom stereocenters. The number of likely N-dealkylation sites (tertiary alicyclic amines) is 1. The van der Waals surface area contributed by atoms with Crippen LogP contribution in [0.4, 0.5) is 4.39 Å². The van der Waals surface area contributed by atoms with Crippen LogP contribution in [0.3, 0.4) is 0 Å². The third kappa shape index (κ3) is 5.37. The number of carbonyl (C=O) groups is 2. The molecule has 0 bridgehead atoms. The summed E-state index contributed by atoms with van der Waals surface area (Å²) in [6, 6.07) is 9.38. The molecule has 0 spiro atoms. The van der Waals surface area contributed by atoms with Gasteiger partial charge < -0.3 is 19.5 Å². The summed E-state index contributed by atoms with van der Waals surface area (Å²) in [6.45, 7) is 6.55. The van der Waals surface area contributed by atoms with Crippen molar-refractivity contribution in [2.45, 2.75) is 39.3 Å². The maximum absolute atomic E-state index is 14.8. The van der Waals surface area contributed by atoms with Crippen LogP contribution in [0.1, 0.15) is 44.4 Å². The molecule has 0 aromatic heterocycles. The van der Waals surface area contributed by atoms with Crippen molar-refractivity contribution in [1.82, 2.24) is 4.90 Å². The van der Waals surface area contributed by atoms with E-state index in [2.05, 4.69) is 0 Å². The van der Waals surface area contributed by atoms with E-state index in [1.54, 1.807) is 12.1 Å². The average Bonchev–Trinajstić information content (AvgIpc) is 3.02. The minimum atomic E-state index is -1.07. The fraction of sp³-hybridized carbons (Fsp3) is 0.360. The maximum atomic E-state index is 14.8. The predicted molar refractivity (Wildman–Crippen MR) is 124 cm³/mol. The zero-order valence-corrected chi connectivity index (χ0v) is 19.6. The lowest BCUT2D eigenvalue weighted by atomic mass is 9.95. The monoisotopic (exact) mass is 475 g/mol. The summed E-state index contributed by atoms with van der Waals surface area (Å²) in [4.78, 5) is 27.2. The van der Waals surface area contributed by atoms with E-state index in [1.807, 2.05) is 20.8 Å². The minimum absolute atomic E-state index is 0.0205. The van der Waals surface area contributed by atoms with Crippen LogP contribution in [0.2, 0.25) is 5.02 Å². The van der Waals surface area contributed by atoms with E-state index in [-0.39, 0.29) is 34.4 Å². The Morgan fingerprint density at radius 2 is 1.94 bits per heavy atom. The van der Waals surface area contributed by atoms with E-state index in [0.29, 0.717) is 25.4 Å². The molecule has 2 aromatic rings. The second kappa shape index (κ2) is 10.8. The number of amides is 1. The number of aliphatic hydroxyl groups excluding tert-OH is 1. The van der Waals surface area contributed by atoms with Gasteiger partial charge in [0.1, 0.15) is 17.3 Å². The maximum Gasteiger partial charge on any atom is 0.295 e. The smallest absolute Gasteiger partial charge is 0.295 e. The van der Waals surface area contributed by atoms with Gasteiger partial charge >= 0.3 is 0 Å². The number of hydrogen-bond donors (Lipinski definition) is 1. The predicted octanol–water partition coefficient (Wildman–Crippen LogP) is 5.11. The van der Waals surface area contributed by atoms with Gasteiger partial charge in [0.2, 0.25) is 0 Å². The summed E-state index contributed by atoms with van der Waals surface area (Å²) in [5.41, 5.74) is 0.168. The first kappa shape index (κ1) is 24.7. The van der Waals surface area contributed by atoms with E-state index in [4.69, 9.17) is 21.1 Å². The van der Waals surface area contributed by atoms with E-state index < -0.39 is 29.3 Å². The molecule has 6 nitrogen and oxygen atoms in total. The summed E-state index contributed by atoms with van der Waals surface area (Å²) in [5, 5.41) is 11.3. The third-order valence-electron chi connectivity index (χ3n) is 5.24. The lowest BCUT2D eigenvalue weighted by Crippen LogP contribution is -2.31. The summed E-state index contributed by atoms with van der Waals surface area (Å²) in [7, 11) is 0. The molecule has 1 amide bonds. The van der Waals surface area contributed by atoms with Gasteiger partial charge in [0, 0.05) is 24.3 Å². The fourth-order valence-corrected chi connectivity index (χ4v) is 4.00. The first-order chi connectivity index (χ1) is 15.8. The number of benzene rings is 2. The van der Waals surface area contributed by atoms with Crippen LogP contribution >= 0.6 is 11.6 Å². The molecule has 0 saturated carbocycles. The quantitative estimate of drug-likeness (QED) is 0.236. The molecule has 8 heteroatoms. The highest BCUT2D eigenvalue weighted by Gasteiger charge is 2.46. The number of halogens is 2. The van der Waals surface area contributed by atoms with Gasteiger partial charge in [0.25, 0.3) is 11.7 Å². The van der Waals surface area contributed by atoms with Crippen molar-refractivity contribution in [3.8, 4) is 5.75 Å². The standard InChI is InChI=1S/C25H27ClFNO5/c1-4-32-20-11-10-16(14-18(20)26)23(29)21-22(17-8-5-6-9-19(17)27)28(25(31)24(21)30)12-7-13-33-15(2)3/h5-6,8-11,14-15,22,29H,4,7,12-13H2,1-3H3. The highest BCUT2D eigenvalue weighted by Crippen LogP contribution is 2.41. The fourth-order valence-electron chi connectivity index (χ4n) is 3.76. The zero-order valence-electron chi connectivity index (χ0n) is 18.8. The van der Waals surface area contributed by atoms with Crippen LogP contribution in [0, 0.1) is 5.82 Å². The summed E-state index contributed by atoms with van der Waals surface area (Å²) in [6.07, 6.45) is 0.470. The number of ketones is 1. The lowest BCUT2D eigenvalue weighted by molar-refractivity contribution is -0.140. The molecule has 2 aromatic carbocycles. The van der Waals surface area contributed by atoms with Crippen molar-refractivity contribution in [3.63, 3.8) is 0 Å². The molecule has 3 rings (SSSR count). The highest BCUT2D eigenvalue weighted by atomic mass is 35.5. The second-order valence-corrected chi connectivity index (χ2v) is 8.27. The topological polar surface area (TPSA) is 76.1 Å². The van der Waals surface area contributed by atoms with Gasteiger partial charge in [-0.15, -0.1) is 0 Å². The van der Waals surface area contributed by atoms with E-state index >= 15 is 0 Å². The summed E-state index contributed by atoms with van der Waals surface area (Å²) >= 11 is 6.25. The molecule has 0 aliphatic carbocycles. The lowest BCUT2D eigenvalue weighted by Gasteiger charge is -2.25. The van der Waals surface area contributed by atoms with Crippen molar-refractivity contribution < 1.29 is 28.6 Å². The van der Waals surface area contributed by atoms with Crippen LogP contribution < -0.4 is 4.74 Å². The molecule has 1 heterocycles. The van der Waals surface area contributed by atoms with Crippen LogP contribution in [0.25, 0.3) is 5.76 Å². The molecule has 1 saturated heterocycles. The number of Topliss-reactive ketones (excluding diaryl/α,β-unsaturated/α-hetero) is 1. The first-order valence-electron chi connectivity index (χ1n) is 10.8. The Kier molecular flexibility index (Phi) is 8.10. The Labute approximate surface area is 197 Å². The molecule has 0 radical (unpaired) electrons. The number of rotatable bonds is 9. The first-order valence-corrected chi connectivity index (χ1v) is 11.2. The Bertz CT molecular complexity index is 1070.